The third kappa shape index (κ3) is 6.24. The molecule has 1 aliphatic heterocycles. The summed E-state index contributed by atoms with van der Waals surface area (Å²) in [5.74, 6) is -0.520. The predicted octanol–water partition coefficient (Wildman–Crippen LogP) is 3.61. The zero-order valence-corrected chi connectivity index (χ0v) is 18.2. The maximum absolute atomic E-state index is 13.6. The van der Waals surface area contributed by atoms with Gasteiger partial charge in [-0.2, -0.15) is 0 Å². The van der Waals surface area contributed by atoms with Crippen molar-refractivity contribution in [1.29, 1.82) is 0 Å². The first-order valence-electron chi connectivity index (χ1n) is 10.6. The number of halogens is 2. The maximum Gasteiger partial charge on any atom is 0.216 e. The zero-order valence-electron chi connectivity index (χ0n) is 18.2. The minimum atomic E-state index is -1.43. The Balaban J connectivity index is 1.79. The topological polar surface area (TPSA) is 70.6 Å². The van der Waals surface area contributed by atoms with E-state index in [4.69, 9.17) is 4.74 Å². The van der Waals surface area contributed by atoms with Gasteiger partial charge in [0.05, 0.1) is 12.2 Å². The lowest BCUT2D eigenvalue weighted by Gasteiger charge is -2.33. The first-order chi connectivity index (χ1) is 14.6. The Labute approximate surface area is 181 Å². The first-order valence-corrected chi connectivity index (χ1v) is 10.6. The number of rotatable bonds is 8. The smallest absolute Gasteiger partial charge is 0.216 e. The van der Waals surface area contributed by atoms with Crippen molar-refractivity contribution in [1.82, 2.24) is 10.6 Å². The van der Waals surface area contributed by atoms with Gasteiger partial charge in [-0.15, -0.1) is 0 Å². The molecule has 3 rings (SSSR count). The lowest BCUT2D eigenvalue weighted by molar-refractivity contribution is -0.120. The van der Waals surface area contributed by atoms with E-state index in [9.17, 15) is 18.7 Å². The average molecular weight is 433 g/mol. The molecule has 1 unspecified atom stereocenters. The van der Waals surface area contributed by atoms with Gasteiger partial charge < -0.3 is 20.5 Å². The number of amides is 1. The van der Waals surface area contributed by atoms with Crippen molar-refractivity contribution in [3.8, 4) is 5.75 Å². The highest BCUT2D eigenvalue weighted by atomic mass is 19.1. The fourth-order valence-electron chi connectivity index (χ4n) is 3.87. The van der Waals surface area contributed by atoms with Gasteiger partial charge in [-0.25, -0.2) is 8.78 Å². The number of hydrogen-bond acceptors (Lipinski definition) is 4. The van der Waals surface area contributed by atoms with E-state index in [2.05, 4.69) is 36.6 Å². The Bertz CT molecular complexity index is 915. The molecule has 31 heavy (non-hydrogen) atoms. The number of ether oxygens (including phenoxy) is 1. The van der Waals surface area contributed by atoms with Crippen LogP contribution in [-0.4, -0.2) is 36.3 Å². The molecule has 0 fully saturated rings. The summed E-state index contributed by atoms with van der Waals surface area (Å²) in [6.07, 6.45) is 0.705. The van der Waals surface area contributed by atoms with Gasteiger partial charge in [0.1, 0.15) is 17.4 Å². The summed E-state index contributed by atoms with van der Waals surface area (Å²) in [6, 6.07) is 9.28. The largest absolute Gasteiger partial charge is 0.493 e. The summed E-state index contributed by atoms with van der Waals surface area (Å²) >= 11 is 0. The quantitative estimate of drug-likeness (QED) is 0.596. The van der Waals surface area contributed by atoms with E-state index >= 15 is 0 Å². The molecule has 1 aliphatic rings. The average Bonchev–Trinajstić information content (AvgIpc) is 2.69. The molecule has 0 aliphatic carbocycles. The van der Waals surface area contributed by atoms with Crippen molar-refractivity contribution in [2.75, 3.05) is 19.7 Å². The van der Waals surface area contributed by atoms with Crippen LogP contribution in [0, 0.1) is 11.6 Å². The molecule has 3 N–H and O–H groups in total. The van der Waals surface area contributed by atoms with Gasteiger partial charge in [0, 0.05) is 50.5 Å². The Morgan fingerprint density at radius 3 is 2.55 bits per heavy atom. The van der Waals surface area contributed by atoms with Crippen molar-refractivity contribution in [2.24, 2.45) is 0 Å². The predicted molar refractivity (Wildman–Crippen MR) is 115 cm³/mol. The van der Waals surface area contributed by atoms with Crippen LogP contribution >= 0.6 is 0 Å². The minimum Gasteiger partial charge on any atom is -0.493 e. The molecule has 1 amide bonds. The van der Waals surface area contributed by atoms with E-state index in [1.54, 1.807) is 0 Å². The number of carbonyl (C=O) groups is 1. The van der Waals surface area contributed by atoms with E-state index in [1.807, 2.05) is 6.07 Å². The van der Waals surface area contributed by atoms with Crippen LogP contribution in [0.25, 0.3) is 0 Å². The highest BCUT2D eigenvalue weighted by molar-refractivity contribution is 5.72. The third-order valence-electron chi connectivity index (χ3n) is 5.54. The second-order valence-electron chi connectivity index (χ2n) is 8.61. The minimum absolute atomic E-state index is 0.0168. The molecular weight excluding hydrogens is 402 g/mol. The van der Waals surface area contributed by atoms with Crippen molar-refractivity contribution in [2.45, 2.75) is 51.2 Å². The Morgan fingerprint density at radius 2 is 1.90 bits per heavy atom. The third-order valence-corrected chi connectivity index (χ3v) is 5.54. The van der Waals surface area contributed by atoms with Crippen molar-refractivity contribution in [3.63, 3.8) is 0 Å². The zero-order chi connectivity index (χ0) is 22.6. The van der Waals surface area contributed by atoms with E-state index in [0.29, 0.717) is 18.1 Å². The van der Waals surface area contributed by atoms with Crippen LogP contribution in [0.3, 0.4) is 0 Å². The Morgan fingerprint density at radius 1 is 1.19 bits per heavy atom. The summed E-state index contributed by atoms with van der Waals surface area (Å²) in [7, 11) is 0. The summed E-state index contributed by atoms with van der Waals surface area (Å²) in [6.45, 7) is 6.23. The molecule has 168 valence electrons. The molecule has 0 radical (unpaired) electrons. The van der Waals surface area contributed by atoms with E-state index in [0.717, 1.165) is 23.8 Å². The second kappa shape index (κ2) is 9.75. The lowest BCUT2D eigenvalue weighted by Crippen LogP contribution is -2.51. The normalized spacial score (nSPS) is 17.6. The highest BCUT2D eigenvalue weighted by Crippen LogP contribution is 2.34. The van der Waals surface area contributed by atoms with Crippen LogP contribution in [0.4, 0.5) is 8.78 Å². The fourth-order valence-corrected chi connectivity index (χ4v) is 3.87. The molecule has 0 aromatic heterocycles. The first kappa shape index (κ1) is 23.2. The molecule has 0 spiro atoms. The molecule has 2 aromatic carbocycles. The Kier molecular flexibility index (Phi) is 7.28. The van der Waals surface area contributed by atoms with Crippen molar-refractivity contribution >= 4 is 5.91 Å². The molecule has 0 bridgehead atoms. The SMILES string of the molecule is CC(=O)NCC(O)(CN[C@@H]1CCOc2ccc(C(C)C)cc21)Cc1cc(F)cc(F)c1. The van der Waals surface area contributed by atoms with E-state index in [1.165, 1.54) is 24.6 Å². The van der Waals surface area contributed by atoms with Crippen LogP contribution in [0.5, 0.6) is 5.75 Å². The van der Waals surface area contributed by atoms with Gasteiger partial charge in [-0.1, -0.05) is 26.0 Å². The second-order valence-corrected chi connectivity index (χ2v) is 8.61. The number of hydrogen-bond donors (Lipinski definition) is 3. The molecule has 1 heterocycles. The molecule has 0 saturated carbocycles. The van der Waals surface area contributed by atoms with E-state index in [-0.39, 0.29) is 31.5 Å². The highest BCUT2D eigenvalue weighted by Gasteiger charge is 2.31. The van der Waals surface area contributed by atoms with Crippen LogP contribution in [0.2, 0.25) is 0 Å². The van der Waals surface area contributed by atoms with Crippen LogP contribution in [0.1, 0.15) is 55.8 Å². The standard InChI is InChI=1S/C24H30F2N2O3/c1-15(2)18-4-5-23-21(10-18)22(6-7-31-23)28-14-24(30,13-27-16(3)29)12-17-8-19(25)11-20(26)9-17/h4-5,8-11,15,22,28,30H,6-7,12-14H2,1-3H3,(H,27,29)/t22-,24?/m1/s1. The van der Waals surface area contributed by atoms with E-state index < -0.39 is 17.2 Å². The van der Waals surface area contributed by atoms with Crippen LogP contribution in [-0.2, 0) is 11.2 Å². The number of aliphatic hydroxyl groups is 1. The lowest BCUT2D eigenvalue weighted by atomic mass is 9.91. The summed E-state index contributed by atoms with van der Waals surface area (Å²) in [4.78, 5) is 11.4. The monoisotopic (exact) mass is 432 g/mol. The summed E-state index contributed by atoms with van der Waals surface area (Å²) in [5.41, 5.74) is 1.11. The number of carbonyl (C=O) groups excluding carboxylic acids is 1. The van der Waals surface area contributed by atoms with Gasteiger partial charge in [0.2, 0.25) is 5.91 Å². The number of benzene rings is 2. The van der Waals surface area contributed by atoms with Crippen LogP contribution < -0.4 is 15.4 Å². The van der Waals surface area contributed by atoms with Gasteiger partial charge in [0.25, 0.3) is 0 Å². The maximum atomic E-state index is 13.6. The van der Waals surface area contributed by atoms with Gasteiger partial charge in [-0.3, -0.25) is 4.79 Å². The Hall–Kier alpha value is -2.51. The van der Waals surface area contributed by atoms with Crippen molar-refractivity contribution < 1.29 is 23.4 Å². The van der Waals surface area contributed by atoms with Gasteiger partial charge in [-0.05, 0) is 35.2 Å². The molecule has 2 atom stereocenters. The number of nitrogens with one attached hydrogen (secondary N) is 2. The molecule has 5 nitrogen and oxygen atoms in total. The molecule has 2 aromatic rings. The summed E-state index contributed by atoms with van der Waals surface area (Å²) in [5, 5.41) is 17.3. The van der Waals surface area contributed by atoms with Gasteiger partial charge >= 0.3 is 0 Å². The molecule has 0 saturated heterocycles. The summed E-state index contributed by atoms with van der Waals surface area (Å²) < 4.78 is 33.1. The fraction of sp³-hybridized carbons (Fsp3) is 0.458. The number of fused-ring (bicyclic) bond motifs is 1. The molecule has 7 heteroatoms. The molecular formula is C24H30F2N2O3. The van der Waals surface area contributed by atoms with Crippen molar-refractivity contribution in [3.05, 3.63) is 64.7 Å². The van der Waals surface area contributed by atoms with Crippen LogP contribution in [0.15, 0.2) is 36.4 Å². The van der Waals surface area contributed by atoms with Gasteiger partial charge in [0.15, 0.2) is 0 Å².